The number of nitrogens with zero attached hydrogens (tertiary/aromatic N) is 1. The lowest BCUT2D eigenvalue weighted by atomic mass is 9.84. The smallest absolute Gasteiger partial charge is 0.411 e. The Bertz CT molecular complexity index is 858. The van der Waals surface area contributed by atoms with Gasteiger partial charge in [0.15, 0.2) is 0 Å². The predicted octanol–water partition coefficient (Wildman–Crippen LogP) is 5.13. The van der Waals surface area contributed by atoms with Gasteiger partial charge in [0.05, 0.1) is 12.0 Å². The number of aliphatic carboxylic acids is 1. The van der Waals surface area contributed by atoms with Crippen LogP contribution in [0, 0.1) is 5.92 Å². The van der Waals surface area contributed by atoms with Gasteiger partial charge in [-0.2, -0.15) is 0 Å². The van der Waals surface area contributed by atoms with Gasteiger partial charge in [-0.25, -0.2) is 4.79 Å². The molecule has 29 heavy (non-hydrogen) atoms. The number of rotatable bonds is 6. The normalized spacial score (nSPS) is 23.2. The lowest BCUT2D eigenvalue weighted by Crippen LogP contribution is -2.31. The molecule has 1 heterocycles. The average molecular weight is 393 g/mol. The van der Waals surface area contributed by atoms with E-state index in [0.29, 0.717) is 6.54 Å². The highest BCUT2D eigenvalue weighted by molar-refractivity contribution is 5.76. The van der Waals surface area contributed by atoms with Gasteiger partial charge in [0, 0.05) is 6.54 Å². The zero-order valence-corrected chi connectivity index (χ0v) is 16.7. The number of hydrogen-bond donors (Lipinski definition) is 1. The van der Waals surface area contributed by atoms with Gasteiger partial charge in [-0.3, -0.25) is 9.69 Å². The molecule has 1 amide bonds. The first kappa shape index (κ1) is 19.5. The molecule has 2 aromatic rings. The molecule has 0 bridgehead atoms. The largest absolute Gasteiger partial charge is 0.481 e. The van der Waals surface area contributed by atoms with Gasteiger partial charge in [0.2, 0.25) is 0 Å². The quantitative estimate of drug-likeness (QED) is 0.739. The highest BCUT2D eigenvalue weighted by Crippen LogP contribution is 2.38. The Balaban J connectivity index is 1.47. The number of amides is 1. The Labute approximate surface area is 171 Å². The van der Waals surface area contributed by atoms with Crippen LogP contribution in [0.1, 0.15) is 61.3 Å². The van der Waals surface area contributed by atoms with Crippen LogP contribution in [0.15, 0.2) is 54.6 Å². The van der Waals surface area contributed by atoms with Crippen molar-refractivity contribution in [1.82, 2.24) is 4.90 Å². The van der Waals surface area contributed by atoms with Crippen LogP contribution in [-0.2, 0) is 16.1 Å². The molecule has 2 fully saturated rings. The van der Waals surface area contributed by atoms with E-state index in [1.807, 2.05) is 61.5 Å². The summed E-state index contributed by atoms with van der Waals surface area (Å²) in [4.78, 5) is 26.0. The highest BCUT2D eigenvalue weighted by Gasteiger charge is 2.39. The Hall–Kier alpha value is -2.82. The molecule has 3 atom stereocenters. The third kappa shape index (κ3) is 4.00. The molecular weight excluding hydrogens is 366 g/mol. The first-order chi connectivity index (χ1) is 14.0. The average Bonchev–Trinajstić information content (AvgIpc) is 3.34. The molecule has 1 N–H and O–H groups in total. The summed E-state index contributed by atoms with van der Waals surface area (Å²) in [5.41, 5.74) is 2.82. The van der Waals surface area contributed by atoms with Crippen molar-refractivity contribution in [2.45, 2.75) is 57.2 Å². The fourth-order valence-corrected chi connectivity index (χ4v) is 4.74. The van der Waals surface area contributed by atoms with Crippen LogP contribution in [0.2, 0.25) is 0 Å². The van der Waals surface area contributed by atoms with Gasteiger partial charge < -0.3 is 9.84 Å². The first-order valence-corrected chi connectivity index (χ1v) is 10.4. The molecule has 2 aromatic carbocycles. The lowest BCUT2D eigenvalue weighted by Gasteiger charge is -2.22. The molecule has 0 aromatic heterocycles. The van der Waals surface area contributed by atoms with E-state index in [1.54, 1.807) is 4.90 Å². The van der Waals surface area contributed by atoms with E-state index in [1.165, 1.54) is 0 Å². The molecule has 1 unspecified atom stereocenters. The molecule has 152 valence electrons. The van der Waals surface area contributed by atoms with Crippen molar-refractivity contribution in [3.8, 4) is 0 Å². The summed E-state index contributed by atoms with van der Waals surface area (Å²) in [5, 5.41) is 9.72. The molecule has 1 saturated carbocycles. The zero-order chi connectivity index (χ0) is 20.4. The van der Waals surface area contributed by atoms with Gasteiger partial charge in [-0.1, -0.05) is 67.4 Å². The molecule has 4 rings (SSSR count). The maximum absolute atomic E-state index is 12.4. The van der Waals surface area contributed by atoms with E-state index < -0.39 is 11.9 Å². The molecule has 1 aliphatic heterocycles. The van der Waals surface area contributed by atoms with Gasteiger partial charge in [0.1, 0.15) is 6.10 Å². The Morgan fingerprint density at radius 3 is 2.38 bits per heavy atom. The van der Waals surface area contributed by atoms with Crippen LogP contribution >= 0.6 is 0 Å². The molecule has 5 heteroatoms. The lowest BCUT2D eigenvalue weighted by molar-refractivity contribution is -0.140. The predicted molar refractivity (Wildman–Crippen MR) is 109 cm³/mol. The van der Waals surface area contributed by atoms with Crippen LogP contribution in [0.3, 0.4) is 0 Å². The van der Waals surface area contributed by atoms with Crippen molar-refractivity contribution in [2.75, 3.05) is 0 Å². The zero-order valence-electron chi connectivity index (χ0n) is 16.7. The minimum absolute atomic E-state index is 0.0742. The van der Waals surface area contributed by atoms with Crippen molar-refractivity contribution in [3.63, 3.8) is 0 Å². The summed E-state index contributed by atoms with van der Waals surface area (Å²) < 4.78 is 5.61. The van der Waals surface area contributed by atoms with Crippen molar-refractivity contribution < 1.29 is 19.4 Å². The minimum atomic E-state index is -0.743. The van der Waals surface area contributed by atoms with E-state index in [9.17, 15) is 14.7 Å². The molecular formula is C24H27NO4. The van der Waals surface area contributed by atoms with Gasteiger partial charge >= 0.3 is 12.1 Å². The number of cyclic esters (lactones) is 1. The topological polar surface area (TPSA) is 66.8 Å². The standard InChI is InChI=1S/C24H27NO4/c1-16-22(20-9-3-2-4-10-20)29-24(28)25(16)15-17-11-13-19(14-12-17)21(23(26)27)18-7-5-6-8-18/h2-4,9-14,16,18,21-22H,5-8,15H2,1H3,(H,26,27)/t16-,21?,22-/m0/s1. The third-order valence-corrected chi connectivity index (χ3v) is 6.35. The van der Waals surface area contributed by atoms with Crippen LogP contribution in [0.4, 0.5) is 4.79 Å². The number of carboxylic acid groups (broad SMARTS) is 1. The monoisotopic (exact) mass is 393 g/mol. The molecule has 2 aliphatic rings. The summed E-state index contributed by atoms with van der Waals surface area (Å²) >= 11 is 0. The first-order valence-electron chi connectivity index (χ1n) is 10.4. The second-order valence-corrected chi connectivity index (χ2v) is 8.19. The maximum Gasteiger partial charge on any atom is 0.411 e. The van der Waals surface area contributed by atoms with Crippen LogP contribution in [0.5, 0.6) is 0 Å². The van der Waals surface area contributed by atoms with E-state index in [4.69, 9.17) is 4.74 Å². The SMILES string of the molecule is C[C@H]1[C@@H](c2ccccc2)OC(=O)N1Cc1ccc(C(C(=O)O)C2CCCC2)cc1. The Morgan fingerprint density at radius 1 is 1.10 bits per heavy atom. The summed E-state index contributed by atoms with van der Waals surface area (Å²) in [5.74, 6) is -0.963. The summed E-state index contributed by atoms with van der Waals surface area (Å²) in [6.07, 6.45) is 3.60. The number of hydrogen-bond acceptors (Lipinski definition) is 3. The van der Waals surface area contributed by atoms with Crippen LogP contribution in [0.25, 0.3) is 0 Å². The molecule has 0 radical (unpaired) electrons. The third-order valence-electron chi connectivity index (χ3n) is 6.35. The number of benzene rings is 2. The number of ether oxygens (including phenoxy) is 1. The highest BCUT2D eigenvalue weighted by atomic mass is 16.6. The summed E-state index contributed by atoms with van der Waals surface area (Å²) in [6, 6.07) is 17.4. The Morgan fingerprint density at radius 2 is 1.76 bits per heavy atom. The number of carbonyl (C=O) groups excluding carboxylic acids is 1. The molecule has 1 saturated heterocycles. The fourth-order valence-electron chi connectivity index (χ4n) is 4.74. The van der Waals surface area contributed by atoms with Gasteiger partial charge in [-0.15, -0.1) is 0 Å². The van der Waals surface area contributed by atoms with Crippen LogP contribution in [-0.4, -0.2) is 28.1 Å². The van der Waals surface area contributed by atoms with E-state index in [-0.39, 0.29) is 24.2 Å². The number of carboxylic acids is 1. The second-order valence-electron chi connectivity index (χ2n) is 8.19. The Kier molecular flexibility index (Phi) is 5.56. The van der Waals surface area contributed by atoms with Gasteiger partial charge in [0.25, 0.3) is 0 Å². The minimum Gasteiger partial charge on any atom is -0.481 e. The van der Waals surface area contributed by atoms with E-state index in [2.05, 4.69) is 0 Å². The summed E-state index contributed by atoms with van der Waals surface area (Å²) in [6.45, 7) is 2.45. The summed E-state index contributed by atoms with van der Waals surface area (Å²) in [7, 11) is 0. The van der Waals surface area contributed by atoms with Crippen molar-refractivity contribution in [2.24, 2.45) is 5.92 Å². The van der Waals surface area contributed by atoms with Crippen molar-refractivity contribution in [1.29, 1.82) is 0 Å². The molecule has 0 spiro atoms. The van der Waals surface area contributed by atoms with Crippen molar-refractivity contribution in [3.05, 3.63) is 71.3 Å². The van der Waals surface area contributed by atoms with E-state index >= 15 is 0 Å². The van der Waals surface area contributed by atoms with Gasteiger partial charge in [-0.05, 0) is 42.4 Å². The molecule has 1 aliphatic carbocycles. The molecule has 5 nitrogen and oxygen atoms in total. The fraction of sp³-hybridized carbons (Fsp3) is 0.417. The van der Waals surface area contributed by atoms with Crippen LogP contribution < -0.4 is 0 Å². The van der Waals surface area contributed by atoms with Crippen molar-refractivity contribution >= 4 is 12.1 Å². The maximum atomic E-state index is 12.4. The second kappa shape index (κ2) is 8.27. The van der Waals surface area contributed by atoms with E-state index in [0.717, 1.165) is 42.4 Å². The number of carbonyl (C=O) groups is 2.